The van der Waals surface area contributed by atoms with E-state index in [1.165, 1.54) is 24.8 Å². The summed E-state index contributed by atoms with van der Waals surface area (Å²) in [5.74, 6) is 0.898. The summed E-state index contributed by atoms with van der Waals surface area (Å²) < 4.78 is 0. The first-order chi connectivity index (χ1) is 8.92. The van der Waals surface area contributed by atoms with Gasteiger partial charge in [0.1, 0.15) is 0 Å². The van der Waals surface area contributed by atoms with E-state index in [1.54, 1.807) is 0 Å². The van der Waals surface area contributed by atoms with Crippen LogP contribution in [0.2, 0.25) is 5.02 Å². The van der Waals surface area contributed by atoms with Gasteiger partial charge in [-0.15, -0.1) is 0 Å². The zero-order valence-electron chi connectivity index (χ0n) is 12.2. The maximum absolute atomic E-state index is 6.06. The van der Waals surface area contributed by atoms with Crippen molar-refractivity contribution in [3.05, 3.63) is 34.9 Å². The predicted molar refractivity (Wildman–Crippen MR) is 81.3 cm³/mol. The molecular formula is C17H24ClN. The van der Waals surface area contributed by atoms with Crippen molar-refractivity contribution in [2.75, 3.05) is 0 Å². The molecular weight excluding hydrogens is 254 g/mol. The molecule has 2 aliphatic carbocycles. The lowest BCUT2D eigenvalue weighted by Crippen LogP contribution is -2.49. The maximum atomic E-state index is 6.06. The first-order valence-electron chi connectivity index (χ1n) is 7.40. The Kier molecular flexibility index (Phi) is 3.18. The highest BCUT2D eigenvalue weighted by atomic mass is 35.5. The molecule has 104 valence electrons. The highest BCUT2D eigenvalue weighted by Gasteiger charge is 2.58. The summed E-state index contributed by atoms with van der Waals surface area (Å²) in [5, 5.41) is 4.66. The van der Waals surface area contributed by atoms with Crippen molar-refractivity contribution in [1.29, 1.82) is 0 Å². The van der Waals surface area contributed by atoms with Gasteiger partial charge in [-0.3, -0.25) is 0 Å². The third-order valence-electron chi connectivity index (χ3n) is 5.67. The Morgan fingerprint density at radius 1 is 1.32 bits per heavy atom. The van der Waals surface area contributed by atoms with Gasteiger partial charge in [0.25, 0.3) is 0 Å². The molecule has 1 aromatic rings. The van der Waals surface area contributed by atoms with E-state index in [0.717, 1.165) is 17.5 Å². The number of fused-ring (bicyclic) bond motifs is 2. The van der Waals surface area contributed by atoms with Crippen LogP contribution in [-0.4, -0.2) is 6.04 Å². The molecule has 0 aliphatic heterocycles. The highest BCUT2D eigenvalue weighted by molar-refractivity contribution is 6.30. The summed E-state index contributed by atoms with van der Waals surface area (Å²) in [6, 6.07) is 8.82. The van der Waals surface area contributed by atoms with Gasteiger partial charge in [-0.1, -0.05) is 44.5 Å². The summed E-state index contributed by atoms with van der Waals surface area (Å²) in [4.78, 5) is 0. The molecule has 3 atom stereocenters. The summed E-state index contributed by atoms with van der Waals surface area (Å²) in [7, 11) is 0. The van der Waals surface area contributed by atoms with Gasteiger partial charge in [0.15, 0.2) is 0 Å². The Bertz CT molecular complexity index is 477. The van der Waals surface area contributed by atoms with E-state index in [-0.39, 0.29) is 0 Å². The fraction of sp³-hybridized carbons (Fsp3) is 0.647. The zero-order valence-corrected chi connectivity index (χ0v) is 12.9. The molecule has 2 bridgehead atoms. The molecule has 0 saturated heterocycles. The monoisotopic (exact) mass is 277 g/mol. The van der Waals surface area contributed by atoms with E-state index in [9.17, 15) is 0 Å². The molecule has 0 amide bonds. The van der Waals surface area contributed by atoms with Crippen molar-refractivity contribution >= 4 is 11.6 Å². The summed E-state index contributed by atoms with van der Waals surface area (Å²) in [5.41, 5.74) is 2.20. The van der Waals surface area contributed by atoms with Crippen LogP contribution in [0.5, 0.6) is 0 Å². The predicted octanol–water partition coefficient (Wildman–Crippen LogP) is 4.64. The molecule has 0 spiro atoms. The SMILES string of the molecule is CC12CCC(C1)C(C)(C)C2NCc1cccc(Cl)c1. The second-order valence-corrected chi connectivity index (χ2v) is 7.80. The third kappa shape index (κ3) is 2.21. The Labute approximate surface area is 121 Å². The highest BCUT2D eigenvalue weighted by Crippen LogP contribution is 2.62. The minimum atomic E-state index is 0.422. The van der Waals surface area contributed by atoms with Gasteiger partial charge in [-0.2, -0.15) is 0 Å². The van der Waals surface area contributed by atoms with E-state index in [0.29, 0.717) is 16.9 Å². The first-order valence-corrected chi connectivity index (χ1v) is 7.77. The minimum Gasteiger partial charge on any atom is -0.309 e. The van der Waals surface area contributed by atoms with Crippen LogP contribution in [0.4, 0.5) is 0 Å². The molecule has 0 heterocycles. The van der Waals surface area contributed by atoms with Gasteiger partial charge in [-0.05, 0) is 53.7 Å². The molecule has 2 fully saturated rings. The second kappa shape index (κ2) is 4.49. The lowest BCUT2D eigenvalue weighted by atomic mass is 9.68. The maximum Gasteiger partial charge on any atom is 0.0409 e. The van der Waals surface area contributed by atoms with E-state index in [1.807, 2.05) is 12.1 Å². The largest absolute Gasteiger partial charge is 0.309 e. The van der Waals surface area contributed by atoms with Crippen molar-refractivity contribution in [1.82, 2.24) is 5.32 Å². The third-order valence-corrected chi connectivity index (χ3v) is 5.90. The van der Waals surface area contributed by atoms with Crippen LogP contribution in [0.15, 0.2) is 24.3 Å². The second-order valence-electron chi connectivity index (χ2n) is 7.36. The Morgan fingerprint density at radius 2 is 2.11 bits per heavy atom. The molecule has 1 aromatic carbocycles. The zero-order chi connectivity index (χ0) is 13.7. The lowest BCUT2D eigenvalue weighted by Gasteiger charge is -2.43. The quantitative estimate of drug-likeness (QED) is 0.848. The number of benzene rings is 1. The van der Waals surface area contributed by atoms with Gasteiger partial charge >= 0.3 is 0 Å². The number of nitrogens with one attached hydrogen (secondary N) is 1. The first kappa shape index (κ1) is 13.5. The van der Waals surface area contributed by atoms with E-state index in [4.69, 9.17) is 11.6 Å². The lowest BCUT2D eigenvalue weighted by molar-refractivity contribution is 0.108. The molecule has 0 aromatic heterocycles. The van der Waals surface area contributed by atoms with Crippen LogP contribution in [0, 0.1) is 16.7 Å². The van der Waals surface area contributed by atoms with Crippen LogP contribution in [0.25, 0.3) is 0 Å². The van der Waals surface area contributed by atoms with Crippen molar-refractivity contribution in [2.45, 2.75) is 52.6 Å². The summed E-state index contributed by atoms with van der Waals surface area (Å²) in [6.45, 7) is 8.28. The molecule has 3 unspecified atom stereocenters. The number of hydrogen-bond acceptors (Lipinski definition) is 1. The standard InChI is InChI=1S/C17H24ClN/c1-16(2)13-7-8-17(3,10-13)15(16)19-11-12-5-4-6-14(18)9-12/h4-6,9,13,15,19H,7-8,10-11H2,1-3H3. The van der Waals surface area contributed by atoms with E-state index < -0.39 is 0 Å². The Morgan fingerprint density at radius 3 is 2.74 bits per heavy atom. The fourth-order valence-electron chi connectivity index (χ4n) is 4.68. The molecule has 19 heavy (non-hydrogen) atoms. The van der Waals surface area contributed by atoms with Crippen LogP contribution < -0.4 is 5.32 Å². The Balaban J connectivity index is 1.73. The van der Waals surface area contributed by atoms with Crippen molar-refractivity contribution in [3.8, 4) is 0 Å². The fourth-order valence-corrected chi connectivity index (χ4v) is 4.89. The average molecular weight is 278 g/mol. The van der Waals surface area contributed by atoms with Gasteiger partial charge in [0, 0.05) is 17.6 Å². The average Bonchev–Trinajstić information content (AvgIpc) is 2.80. The van der Waals surface area contributed by atoms with E-state index >= 15 is 0 Å². The van der Waals surface area contributed by atoms with Crippen LogP contribution in [-0.2, 0) is 6.54 Å². The molecule has 2 heteroatoms. The summed E-state index contributed by atoms with van der Waals surface area (Å²) >= 11 is 6.06. The number of halogens is 1. The molecule has 3 rings (SSSR count). The van der Waals surface area contributed by atoms with Crippen LogP contribution >= 0.6 is 11.6 Å². The van der Waals surface area contributed by atoms with Gasteiger partial charge in [0.2, 0.25) is 0 Å². The van der Waals surface area contributed by atoms with Crippen LogP contribution in [0.3, 0.4) is 0 Å². The Hall–Kier alpha value is -0.530. The minimum absolute atomic E-state index is 0.422. The smallest absolute Gasteiger partial charge is 0.0409 e. The molecule has 2 saturated carbocycles. The molecule has 1 nitrogen and oxygen atoms in total. The molecule has 1 N–H and O–H groups in total. The van der Waals surface area contributed by atoms with E-state index in [2.05, 4.69) is 38.2 Å². The summed E-state index contributed by atoms with van der Waals surface area (Å²) in [6.07, 6.45) is 4.19. The van der Waals surface area contributed by atoms with Gasteiger partial charge < -0.3 is 5.32 Å². The molecule has 2 aliphatic rings. The topological polar surface area (TPSA) is 12.0 Å². The van der Waals surface area contributed by atoms with Crippen molar-refractivity contribution < 1.29 is 0 Å². The van der Waals surface area contributed by atoms with Crippen LogP contribution in [0.1, 0.15) is 45.6 Å². The normalized spacial score (nSPS) is 35.8. The number of rotatable bonds is 3. The van der Waals surface area contributed by atoms with Gasteiger partial charge in [-0.25, -0.2) is 0 Å². The van der Waals surface area contributed by atoms with Gasteiger partial charge in [0.05, 0.1) is 0 Å². The van der Waals surface area contributed by atoms with Crippen molar-refractivity contribution in [2.24, 2.45) is 16.7 Å². The number of hydrogen-bond donors (Lipinski definition) is 1. The van der Waals surface area contributed by atoms with Crippen molar-refractivity contribution in [3.63, 3.8) is 0 Å². The molecule has 0 radical (unpaired) electrons.